The van der Waals surface area contributed by atoms with E-state index in [0.29, 0.717) is 41.7 Å². The lowest BCUT2D eigenvalue weighted by molar-refractivity contribution is -0.116. The van der Waals surface area contributed by atoms with Gasteiger partial charge in [0, 0.05) is 24.9 Å². The fraction of sp³-hybridized carbons (Fsp3) is 0.294. The summed E-state index contributed by atoms with van der Waals surface area (Å²) in [5.74, 6) is -0.862. The van der Waals surface area contributed by atoms with Gasteiger partial charge >= 0.3 is 0 Å². The normalized spacial score (nSPS) is 22.5. The van der Waals surface area contributed by atoms with Gasteiger partial charge in [0.05, 0.1) is 11.1 Å². The highest BCUT2D eigenvalue weighted by atomic mass is 16.2. The van der Waals surface area contributed by atoms with Crippen molar-refractivity contribution in [1.82, 2.24) is 10.2 Å². The third-order valence-corrected chi connectivity index (χ3v) is 4.31. The lowest BCUT2D eigenvalue weighted by Gasteiger charge is -2.31. The molecule has 6 nitrogen and oxygen atoms in total. The average molecular weight is 311 g/mol. The Morgan fingerprint density at radius 1 is 1.26 bits per heavy atom. The Morgan fingerprint density at radius 2 is 1.87 bits per heavy atom. The maximum absolute atomic E-state index is 12.5. The van der Waals surface area contributed by atoms with E-state index in [4.69, 9.17) is 5.41 Å². The van der Waals surface area contributed by atoms with Crippen LogP contribution in [0.15, 0.2) is 35.9 Å². The zero-order valence-electron chi connectivity index (χ0n) is 12.8. The molecular weight excluding hydrogens is 294 g/mol. The van der Waals surface area contributed by atoms with Crippen LogP contribution in [-0.4, -0.2) is 41.4 Å². The van der Waals surface area contributed by atoms with Crippen LogP contribution in [0.4, 0.5) is 0 Å². The number of hydrogen-bond donors (Lipinski definition) is 2. The Morgan fingerprint density at radius 3 is 2.43 bits per heavy atom. The summed E-state index contributed by atoms with van der Waals surface area (Å²) >= 11 is 0. The van der Waals surface area contributed by atoms with Crippen molar-refractivity contribution in [1.29, 1.82) is 5.41 Å². The van der Waals surface area contributed by atoms with Gasteiger partial charge in [-0.3, -0.25) is 19.3 Å². The highest BCUT2D eigenvalue weighted by Crippen LogP contribution is 2.31. The van der Waals surface area contributed by atoms with Gasteiger partial charge in [0.15, 0.2) is 0 Å². The molecule has 1 aromatic carbocycles. The highest BCUT2D eigenvalue weighted by Gasteiger charge is 2.41. The van der Waals surface area contributed by atoms with Crippen LogP contribution in [0.5, 0.6) is 0 Å². The third-order valence-electron chi connectivity index (χ3n) is 4.31. The molecule has 23 heavy (non-hydrogen) atoms. The highest BCUT2D eigenvalue weighted by molar-refractivity contribution is 6.21. The third kappa shape index (κ3) is 2.56. The van der Waals surface area contributed by atoms with Crippen molar-refractivity contribution in [3.05, 3.63) is 47.0 Å². The van der Waals surface area contributed by atoms with E-state index in [9.17, 15) is 14.4 Å². The molecule has 3 rings (SSSR count). The van der Waals surface area contributed by atoms with Gasteiger partial charge in [-0.1, -0.05) is 12.1 Å². The number of fused-ring (bicyclic) bond motifs is 1. The van der Waals surface area contributed by atoms with Crippen molar-refractivity contribution in [2.24, 2.45) is 0 Å². The molecular formula is C17H17N3O3. The Balaban J connectivity index is 1.87. The van der Waals surface area contributed by atoms with E-state index in [-0.39, 0.29) is 23.8 Å². The predicted molar refractivity (Wildman–Crippen MR) is 84.5 cm³/mol. The first-order valence-electron chi connectivity index (χ1n) is 7.50. The van der Waals surface area contributed by atoms with Crippen LogP contribution in [0, 0.1) is 5.41 Å². The zero-order chi connectivity index (χ0) is 16.6. The van der Waals surface area contributed by atoms with Crippen molar-refractivity contribution in [2.45, 2.75) is 25.3 Å². The monoisotopic (exact) mass is 311 g/mol. The maximum Gasteiger partial charge on any atom is 0.261 e. The van der Waals surface area contributed by atoms with Crippen LogP contribution in [0.2, 0.25) is 0 Å². The van der Waals surface area contributed by atoms with E-state index in [2.05, 4.69) is 5.32 Å². The first-order valence-corrected chi connectivity index (χ1v) is 7.50. The smallest absolute Gasteiger partial charge is 0.261 e. The molecule has 118 valence electrons. The minimum absolute atomic E-state index is 0.284. The van der Waals surface area contributed by atoms with Gasteiger partial charge in [0.25, 0.3) is 11.8 Å². The topological polar surface area (TPSA) is 90.3 Å². The molecule has 1 heterocycles. The molecule has 0 spiro atoms. The summed E-state index contributed by atoms with van der Waals surface area (Å²) in [5, 5.41) is 10.5. The molecule has 1 unspecified atom stereocenters. The zero-order valence-corrected chi connectivity index (χ0v) is 12.8. The van der Waals surface area contributed by atoms with Gasteiger partial charge in [0.1, 0.15) is 0 Å². The van der Waals surface area contributed by atoms with Gasteiger partial charge in [-0.25, -0.2) is 0 Å². The second-order valence-corrected chi connectivity index (χ2v) is 5.68. The van der Waals surface area contributed by atoms with Crippen LogP contribution >= 0.6 is 0 Å². The number of benzene rings is 1. The van der Waals surface area contributed by atoms with E-state index in [1.54, 1.807) is 24.3 Å². The Kier molecular flexibility index (Phi) is 3.82. The lowest BCUT2D eigenvalue weighted by atomic mass is 9.87. The van der Waals surface area contributed by atoms with Gasteiger partial charge < -0.3 is 10.7 Å². The quantitative estimate of drug-likeness (QED) is 0.641. The molecule has 1 atom stereocenters. The number of nitrogens with one attached hydrogen (secondary N) is 2. The number of rotatable bonds is 2. The van der Waals surface area contributed by atoms with Crippen LogP contribution in [0.25, 0.3) is 0 Å². The van der Waals surface area contributed by atoms with E-state index in [0.717, 1.165) is 0 Å². The average Bonchev–Trinajstić information content (AvgIpc) is 2.81. The summed E-state index contributed by atoms with van der Waals surface area (Å²) in [7, 11) is 1.52. The van der Waals surface area contributed by atoms with Gasteiger partial charge in [-0.05, 0) is 37.0 Å². The first-order chi connectivity index (χ1) is 11.0. The molecule has 6 heteroatoms. The van der Waals surface area contributed by atoms with E-state index in [1.807, 2.05) is 0 Å². The molecule has 1 saturated carbocycles. The number of imide groups is 1. The molecule has 1 aliphatic carbocycles. The largest absolute Gasteiger partial charge is 0.356 e. The van der Waals surface area contributed by atoms with E-state index >= 15 is 0 Å². The summed E-state index contributed by atoms with van der Waals surface area (Å²) in [6, 6.07) is 6.47. The Labute approximate surface area is 133 Å². The summed E-state index contributed by atoms with van der Waals surface area (Å²) in [4.78, 5) is 37.9. The van der Waals surface area contributed by atoms with Gasteiger partial charge in [-0.15, -0.1) is 0 Å². The predicted octanol–water partition coefficient (Wildman–Crippen LogP) is 1.53. The summed E-state index contributed by atoms with van der Waals surface area (Å²) < 4.78 is 0. The molecule has 1 aromatic rings. The second kappa shape index (κ2) is 5.79. The number of hydrogen-bond acceptors (Lipinski definition) is 4. The van der Waals surface area contributed by atoms with Crippen LogP contribution < -0.4 is 5.32 Å². The van der Waals surface area contributed by atoms with E-state index < -0.39 is 0 Å². The number of carbonyl (C=O) groups excluding carboxylic acids is 3. The molecule has 1 fully saturated rings. The molecule has 0 saturated heterocycles. The molecule has 0 aromatic heterocycles. The minimum atomic E-state index is -0.313. The van der Waals surface area contributed by atoms with Crippen molar-refractivity contribution >= 4 is 23.4 Å². The van der Waals surface area contributed by atoms with Crippen molar-refractivity contribution in [2.75, 3.05) is 7.05 Å². The van der Waals surface area contributed by atoms with Crippen molar-refractivity contribution in [3.63, 3.8) is 0 Å². The fourth-order valence-corrected chi connectivity index (χ4v) is 3.09. The Bertz CT molecular complexity index is 716. The lowest BCUT2D eigenvalue weighted by Crippen LogP contribution is -2.42. The molecule has 1 aliphatic heterocycles. The molecule has 2 N–H and O–H groups in total. The van der Waals surface area contributed by atoms with Crippen LogP contribution in [-0.2, 0) is 4.79 Å². The molecule has 0 radical (unpaired) electrons. The minimum Gasteiger partial charge on any atom is -0.356 e. The molecule has 0 bridgehead atoms. The number of carbonyl (C=O) groups is 3. The summed E-state index contributed by atoms with van der Waals surface area (Å²) in [6.07, 6.45) is 2.72. The van der Waals surface area contributed by atoms with Crippen LogP contribution in [0.3, 0.4) is 0 Å². The number of likely N-dealkylation sites (N-methyl/N-ethyl adjacent to an activating group) is 1. The molecule has 3 amide bonds. The fourth-order valence-electron chi connectivity index (χ4n) is 3.09. The maximum atomic E-state index is 12.5. The number of amides is 3. The Hall–Kier alpha value is -2.76. The second-order valence-electron chi connectivity index (χ2n) is 5.68. The van der Waals surface area contributed by atoms with E-state index in [1.165, 1.54) is 18.0 Å². The summed E-state index contributed by atoms with van der Waals surface area (Å²) in [6.45, 7) is 0. The standard InChI is InChI=1S/C17H17N3O3/c1-19-15(21)9-10-8-11(6-7-14(10)18)20-16(22)12-4-2-3-5-13(12)17(20)23/h2-5,9,11,18H,6-8H2,1H3,(H,19,21)/b10-9-,18-14?. The SMILES string of the molecule is CNC(=O)/C=C1/CC(N2C(=O)c3ccccc3C2=O)CCC1=N. The van der Waals surface area contributed by atoms with Gasteiger partial charge in [0.2, 0.25) is 5.91 Å². The van der Waals surface area contributed by atoms with Gasteiger partial charge in [-0.2, -0.15) is 0 Å². The summed E-state index contributed by atoms with van der Waals surface area (Å²) in [5.41, 5.74) is 1.82. The molecule has 2 aliphatic rings. The van der Waals surface area contributed by atoms with Crippen molar-refractivity contribution in [3.8, 4) is 0 Å². The van der Waals surface area contributed by atoms with Crippen LogP contribution in [0.1, 0.15) is 40.0 Å². The van der Waals surface area contributed by atoms with Crippen molar-refractivity contribution < 1.29 is 14.4 Å². The number of nitrogens with zero attached hydrogens (tertiary/aromatic N) is 1. The first kappa shape index (κ1) is 15.1.